The first kappa shape index (κ1) is 17.5. The largest absolute Gasteiger partial charge is 0.326 e. The Morgan fingerprint density at radius 1 is 1.32 bits per heavy atom. The van der Waals surface area contributed by atoms with Gasteiger partial charge in [0.25, 0.3) is 0 Å². The Morgan fingerprint density at radius 2 is 1.95 bits per heavy atom. The van der Waals surface area contributed by atoms with E-state index < -0.39 is 10.0 Å². The topological polar surface area (TPSA) is 63.4 Å². The minimum atomic E-state index is -3.61. The van der Waals surface area contributed by atoms with Crippen LogP contribution in [0, 0.1) is 0 Å². The first-order chi connectivity index (χ1) is 8.32. The van der Waals surface area contributed by atoms with Crippen LogP contribution in [-0.2, 0) is 10.0 Å². The maximum absolute atomic E-state index is 12.4. The summed E-state index contributed by atoms with van der Waals surface area (Å²) in [7, 11) is -3.61. The van der Waals surface area contributed by atoms with Gasteiger partial charge in [0.1, 0.15) is 4.90 Å². The molecule has 2 rings (SSSR count). The van der Waals surface area contributed by atoms with Gasteiger partial charge in [-0.05, 0) is 34.5 Å². The van der Waals surface area contributed by atoms with E-state index in [9.17, 15) is 8.42 Å². The zero-order chi connectivity index (χ0) is 13.5. The molecule has 1 heterocycles. The number of benzene rings is 1. The second kappa shape index (κ2) is 6.47. The number of nitrogens with zero attached hydrogens (tertiary/aromatic N) is 1. The molecule has 1 atom stereocenters. The van der Waals surface area contributed by atoms with E-state index in [1.165, 1.54) is 16.4 Å². The number of hydrogen-bond acceptors (Lipinski definition) is 3. The lowest BCUT2D eigenvalue weighted by Crippen LogP contribution is -2.32. The molecule has 1 saturated heterocycles. The van der Waals surface area contributed by atoms with Crippen molar-refractivity contribution in [1.82, 2.24) is 4.31 Å². The summed E-state index contributed by atoms with van der Waals surface area (Å²) in [5, 5.41) is 0.487. The van der Waals surface area contributed by atoms with Crippen molar-refractivity contribution in [2.24, 2.45) is 5.73 Å². The number of halogens is 4. The van der Waals surface area contributed by atoms with Gasteiger partial charge in [-0.3, -0.25) is 0 Å². The molecular formula is C10H12BrCl3N2O2S. The third kappa shape index (κ3) is 3.56. The van der Waals surface area contributed by atoms with E-state index in [0.717, 1.165) is 0 Å². The van der Waals surface area contributed by atoms with Gasteiger partial charge >= 0.3 is 0 Å². The molecule has 9 heteroatoms. The Balaban J connectivity index is 0.00000180. The van der Waals surface area contributed by atoms with Crippen LogP contribution in [0.25, 0.3) is 0 Å². The minimum Gasteiger partial charge on any atom is -0.326 e. The summed E-state index contributed by atoms with van der Waals surface area (Å²) >= 11 is 15.0. The van der Waals surface area contributed by atoms with Crippen LogP contribution in [0.4, 0.5) is 0 Å². The van der Waals surface area contributed by atoms with Crippen molar-refractivity contribution >= 4 is 61.6 Å². The Morgan fingerprint density at radius 3 is 2.47 bits per heavy atom. The van der Waals surface area contributed by atoms with Crippen molar-refractivity contribution in [3.8, 4) is 0 Å². The van der Waals surface area contributed by atoms with Crippen LogP contribution in [-0.4, -0.2) is 31.9 Å². The molecule has 0 radical (unpaired) electrons. The monoisotopic (exact) mass is 408 g/mol. The first-order valence-corrected chi connectivity index (χ1v) is 8.21. The lowest BCUT2D eigenvalue weighted by Gasteiger charge is -2.17. The zero-order valence-electron chi connectivity index (χ0n) is 9.64. The van der Waals surface area contributed by atoms with Crippen molar-refractivity contribution in [1.29, 1.82) is 0 Å². The van der Waals surface area contributed by atoms with E-state index in [0.29, 0.717) is 29.0 Å². The minimum absolute atomic E-state index is 0. The highest BCUT2D eigenvalue weighted by Crippen LogP contribution is 2.34. The Bertz CT molecular complexity index is 582. The molecule has 0 saturated carbocycles. The van der Waals surface area contributed by atoms with Gasteiger partial charge in [-0.2, -0.15) is 4.31 Å². The molecule has 0 amide bonds. The summed E-state index contributed by atoms with van der Waals surface area (Å²) in [5.41, 5.74) is 5.72. The lowest BCUT2D eigenvalue weighted by atomic mass is 10.3. The number of hydrogen-bond donors (Lipinski definition) is 1. The van der Waals surface area contributed by atoms with Crippen LogP contribution in [0.3, 0.4) is 0 Å². The highest BCUT2D eigenvalue weighted by atomic mass is 79.9. The molecule has 4 nitrogen and oxygen atoms in total. The van der Waals surface area contributed by atoms with E-state index in [1.807, 2.05) is 0 Å². The Labute approximate surface area is 136 Å². The highest BCUT2D eigenvalue weighted by molar-refractivity contribution is 9.10. The summed E-state index contributed by atoms with van der Waals surface area (Å²) < 4.78 is 26.6. The highest BCUT2D eigenvalue weighted by Gasteiger charge is 2.32. The van der Waals surface area contributed by atoms with Crippen LogP contribution in [0.5, 0.6) is 0 Å². The summed E-state index contributed by atoms with van der Waals surface area (Å²) in [4.78, 5) is 0.0505. The van der Waals surface area contributed by atoms with E-state index in [4.69, 9.17) is 28.9 Å². The summed E-state index contributed by atoms with van der Waals surface area (Å²) in [6.07, 6.45) is 0.658. The van der Waals surface area contributed by atoms with Crippen LogP contribution in [0.1, 0.15) is 6.42 Å². The van der Waals surface area contributed by atoms with Gasteiger partial charge in [-0.1, -0.05) is 23.2 Å². The number of sulfonamides is 1. The molecule has 0 spiro atoms. The molecule has 1 aliphatic heterocycles. The number of nitrogens with two attached hydrogens (primary N) is 1. The van der Waals surface area contributed by atoms with Crippen molar-refractivity contribution in [2.75, 3.05) is 13.1 Å². The molecule has 1 aromatic rings. The van der Waals surface area contributed by atoms with E-state index in [1.54, 1.807) is 0 Å². The molecule has 0 aliphatic carbocycles. The third-order valence-corrected chi connectivity index (χ3v) is 6.31. The van der Waals surface area contributed by atoms with Gasteiger partial charge in [0.15, 0.2) is 0 Å². The zero-order valence-corrected chi connectivity index (χ0v) is 14.4. The second-order valence-corrected chi connectivity index (χ2v) is 7.68. The van der Waals surface area contributed by atoms with E-state index in [-0.39, 0.29) is 28.4 Å². The Kier molecular flexibility index (Phi) is 5.96. The standard InChI is InChI=1S/C10H11BrCl2N2O2S.ClH/c11-7-3-10(9(13)4-8(7)12)18(16,17)15-2-1-6(14)5-15;/h3-4,6H,1-2,5,14H2;1H/t6-;/m1./s1. The SMILES string of the molecule is Cl.N[C@@H]1CCN(S(=O)(=O)c2cc(Br)c(Cl)cc2Cl)C1. The van der Waals surface area contributed by atoms with Crippen molar-refractivity contribution < 1.29 is 8.42 Å². The molecule has 0 unspecified atom stereocenters. The van der Waals surface area contributed by atoms with Crippen LogP contribution in [0.2, 0.25) is 10.0 Å². The predicted octanol–water partition coefficient (Wildman–Crippen LogP) is 2.90. The van der Waals surface area contributed by atoms with E-state index >= 15 is 0 Å². The van der Waals surface area contributed by atoms with Crippen molar-refractivity contribution in [2.45, 2.75) is 17.4 Å². The van der Waals surface area contributed by atoms with Gasteiger partial charge in [-0.25, -0.2) is 8.42 Å². The summed E-state index contributed by atoms with van der Waals surface area (Å²) in [6.45, 7) is 0.735. The van der Waals surface area contributed by atoms with Crippen molar-refractivity contribution in [3.05, 3.63) is 26.7 Å². The van der Waals surface area contributed by atoms with Crippen LogP contribution in [0.15, 0.2) is 21.5 Å². The molecular weight excluding hydrogens is 398 g/mol. The quantitative estimate of drug-likeness (QED) is 0.763. The third-order valence-electron chi connectivity index (χ3n) is 2.78. The molecule has 1 fully saturated rings. The summed E-state index contributed by atoms with van der Waals surface area (Å²) in [6, 6.07) is 2.72. The van der Waals surface area contributed by atoms with Crippen molar-refractivity contribution in [3.63, 3.8) is 0 Å². The van der Waals surface area contributed by atoms with Gasteiger partial charge in [0.2, 0.25) is 10.0 Å². The first-order valence-electron chi connectivity index (χ1n) is 5.22. The average molecular weight is 411 g/mol. The normalized spacial score (nSPS) is 20.3. The number of rotatable bonds is 2. The fourth-order valence-corrected chi connectivity index (χ4v) is 4.57. The van der Waals surface area contributed by atoms with Crippen LogP contribution >= 0.6 is 51.5 Å². The van der Waals surface area contributed by atoms with Gasteiger partial charge in [0.05, 0.1) is 10.0 Å². The second-order valence-electron chi connectivity index (χ2n) is 4.11. The molecule has 0 bridgehead atoms. The van der Waals surface area contributed by atoms with Gasteiger partial charge < -0.3 is 5.73 Å². The smallest absolute Gasteiger partial charge is 0.244 e. The molecule has 1 aromatic carbocycles. The predicted molar refractivity (Wildman–Crippen MR) is 82.8 cm³/mol. The molecule has 0 aromatic heterocycles. The fourth-order valence-electron chi connectivity index (χ4n) is 1.81. The lowest BCUT2D eigenvalue weighted by molar-refractivity contribution is 0.472. The average Bonchev–Trinajstić information content (AvgIpc) is 2.70. The summed E-state index contributed by atoms with van der Waals surface area (Å²) in [5.74, 6) is 0. The molecule has 2 N–H and O–H groups in total. The molecule has 108 valence electrons. The molecule has 1 aliphatic rings. The maximum Gasteiger partial charge on any atom is 0.244 e. The van der Waals surface area contributed by atoms with Crippen LogP contribution < -0.4 is 5.73 Å². The van der Waals surface area contributed by atoms with E-state index in [2.05, 4.69) is 15.9 Å². The fraction of sp³-hybridized carbons (Fsp3) is 0.400. The van der Waals surface area contributed by atoms with Gasteiger partial charge in [0, 0.05) is 23.6 Å². The molecule has 19 heavy (non-hydrogen) atoms. The maximum atomic E-state index is 12.4. The van der Waals surface area contributed by atoms with Gasteiger partial charge in [-0.15, -0.1) is 12.4 Å². The Hall–Kier alpha value is 0.440.